The lowest BCUT2D eigenvalue weighted by Gasteiger charge is -2.48. The van der Waals surface area contributed by atoms with Gasteiger partial charge in [-0.15, -0.1) is 0 Å². The SMILES string of the molecule is COc1ccccc1-c1nc(OC)c2c(n1)[C@@]1(c3ccccc3)C=C(C#N)C(=O)[C@@H](C)[C@@H]1CC2. The number of carbonyl (C=O) groups excluding carboxylic acids is 1. The van der Waals surface area contributed by atoms with Gasteiger partial charge < -0.3 is 9.47 Å². The molecule has 0 radical (unpaired) electrons. The first-order valence-electron chi connectivity index (χ1n) is 11.4. The Balaban J connectivity index is 1.88. The third-order valence-corrected chi connectivity index (χ3v) is 7.22. The topological polar surface area (TPSA) is 85.1 Å². The van der Waals surface area contributed by atoms with Crippen LogP contribution >= 0.6 is 0 Å². The molecule has 2 aliphatic carbocycles. The predicted octanol–water partition coefficient (Wildman–Crippen LogP) is 4.68. The summed E-state index contributed by atoms with van der Waals surface area (Å²) in [6, 6.07) is 19.8. The van der Waals surface area contributed by atoms with Crippen molar-refractivity contribution in [2.45, 2.75) is 25.2 Å². The first-order chi connectivity index (χ1) is 16.5. The number of nitrogens with zero attached hydrogens (tertiary/aromatic N) is 3. The number of hydrogen-bond acceptors (Lipinski definition) is 6. The van der Waals surface area contributed by atoms with E-state index >= 15 is 0 Å². The number of methoxy groups -OCH3 is 2. The van der Waals surface area contributed by atoms with E-state index in [9.17, 15) is 10.1 Å². The molecule has 0 aliphatic heterocycles. The third-order valence-electron chi connectivity index (χ3n) is 7.22. The minimum Gasteiger partial charge on any atom is -0.496 e. The number of benzene rings is 2. The summed E-state index contributed by atoms with van der Waals surface area (Å²) in [5, 5.41) is 9.87. The maximum Gasteiger partial charge on any atom is 0.220 e. The average molecular weight is 452 g/mol. The van der Waals surface area contributed by atoms with Crippen LogP contribution in [0.5, 0.6) is 11.6 Å². The fraction of sp³-hybridized carbons (Fsp3) is 0.286. The van der Waals surface area contributed by atoms with Crippen LogP contribution < -0.4 is 9.47 Å². The van der Waals surface area contributed by atoms with E-state index in [2.05, 4.69) is 6.07 Å². The smallest absolute Gasteiger partial charge is 0.220 e. The van der Waals surface area contributed by atoms with Crippen LogP contribution in [0, 0.1) is 23.2 Å². The summed E-state index contributed by atoms with van der Waals surface area (Å²) in [5.74, 6) is 1.19. The highest BCUT2D eigenvalue weighted by molar-refractivity contribution is 6.02. The molecule has 1 aromatic heterocycles. The van der Waals surface area contributed by atoms with Gasteiger partial charge in [0.25, 0.3) is 0 Å². The minimum absolute atomic E-state index is 0.0443. The summed E-state index contributed by atoms with van der Waals surface area (Å²) in [6.45, 7) is 1.93. The normalized spacial score (nSPS) is 23.2. The van der Waals surface area contributed by atoms with E-state index < -0.39 is 5.41 Å². The van der Waals surface area contributed by atoms with Crippen molar-refractivity contribution in [2.75, 3.05) is 14.2 Å². The van der Waals surface area contributed by atoms with E-state index in [-0.39, 0.29) is 23.2 Å². The lowest BCUT2D eigenvalue weighted by atomic mass is 9.54. The number of ether oxygens (including phenoxy) is 2. The fourth-order valence-corrected chi connectivity index (χ4v) is 5.63. The number of nitriles is 1. The molecule has 0 spiro atoms. The van der Waals surface area contributed by atoms with E-state index in [1.54, 1.807) is 14.2 Å². The molecule has 0 saturated heterocycles. The Morgan fingerprint density at radius 2 is 1.76 bits per heavy atom. The highest BCUT2D eigenvalue weighted by Crippen LogP contribution is 2.54. The molecule has 5 rings (SSSR count). The maximum absolute atomic E-state index is 13.0. The summed E-state index contributed by atoms with van der Waals surface area (Å²) in [4.78, 5) is 22.9. The third kappa shape index (κ3) is 3.12. The molecule has 2 aromatic carbocycles. The van der Waals surface area contributed by atoms with Gasteiger partial charge in [0.05, 0.1) is 36.5 Å². The van der Waals surface area contributed by atoms with Crippen molar-refractivity contribution in [2.24, 2.45) is 11.8 Å². The number of rotatable bonds is 4. The highest BCUT2D eigenvalue weighted by atomic mass is 16.5. The lowest BCUT2D eigenvalue weighted by molar-refractivity contribution is -0.121. The van der Waals surface area contributed by atoms with E-state index in [0.717, 1.165) is 28.8 Å². The van der Waals surface area contributed by atoms with Crippen LogP contribution in [0.25, 0.3) is 11.4 Å². The van der Waals surface area contributed by atoms with Crippen molar-refractivity contribution in [3.8, 4) is 29.1 Å². The van der Waals surface area contributed by atoms with Crippen molar-refractivity contribution < 1.29 is 14.3 Å². The highest BCUT2D eigenvalue weighted by Gasteiger charge is 2.53. The van der Waals surface area contributed by atoms with Gasteiger partial charge in [0, 0.05) is 11.5 Å². The van der Waals surface area contributed by atoms with Gasteiger partial charge in [-0.05, 0) is 42.5 Å². The quantitative estimate of drug-likeness (QED) is 0.573. The second kappa shape index (κ2) is 8.42. The van der Waals surface area contributed by atoms with Gasteiger partial charge in [-0.3, -0.25) is 4.79 Å². The number of carbonyl (C=O) groups is 1. The van der Waals surface area contributed by atoms with Gasteiger partial charge in [0.2, 0.25) is 5.88 Å². The zero-order valence-electron chi connectivity index (χ0n) is 19.4. The monoisotopic (exact) mass is 451 g/mol. The Kier molecular flexibility index (Phi) is 5.41. The number of ketones is 1. The molecule has 0 N–H and O–H groups in total. The molecule has 1 heterocycles. The van der Waals surface area contributed by atoms with Gasteiger partial charge in [-0.25, -0.2) is 4.98 Å². The minimum atomic E-state index is -0.750. The zero-order chi connectivity index (χ0) is 23.9. The molecule has 6 heteroatoms. The lowest BCUT2D eigenvalue weighted by Crippen LogP contribution is -2.48. The first kappa shape index (κ1) is 21.8. The van der Waals surface area contributed by atoms with E-state index in [1.807, 2.05) is 67.6 Å². The largest absolute Gasteiger partial charge is 0.496 e. The molecule has 0 saturated carbocycles. The van der Waals surface area contributed by atoms with Gasteiger partial charge in [-0.2, -0.15) is 10.2 Å². The summed E-state index contributed by atoms with van der Waals surface area (Å²) in [6.07, 6.45) is 3.29. The Hall–Kier alpha value is -3.98. The van der Waals surface area contributed by atoms with Crippen LogP contribution in [-0.4, -0.2) is 30.0 Å². The number of hydrogen-bond donors (Lipinski definition) is 0. The van der Waals surface area contributed by atoms with Crippen molar-refractivity contribution in [3.63, 3.8) is 0 Å². The van der Waals surface area contributed by atoms with Crippen molar-refractivity contribution in [1.29, 1.82) is 5.26 Å². The van der Waals surface area contributed by atoms with Gasteiger partial charge in [0.1, 0.15) is 11.8 Å². The zero-order valence-corrected chi connectivity index (χ0v) is 19.4. The van der Waals surface area contributed by atoms with Crippen molar-refractivity contribution in [3.05, 3.63) is 83.1 Å². The molecule has 170 valence electrons. The van der Waals surface area contributed by atoms with Crippen LogP contribution in [0.2, 0.25) is 0 Å². The van der Waals surface area contributed by atoms with Gasteiger partial charge in [0.15, 0.2) is 11.6 Å². The molecule has 2 aliphatic rings. The second-order valence-corrected chi connectivity index (χ2v) is 8.79. The Labute approximate surface area is 198 Å². The number of para-hydroxylation sites is 1. The van der Waals surface area contributed by atoms with Gasteiger partial charge >= 0.3 is 0 Å². The molecule has 3 aromatic rings. The van der Waals surface area contributed by atoms with Crippen LogP contribution in [0.1, 0.15) is 30.2 Å². The summed E-state index contributed by atoms with van der Waals surface area (Å²) < 4.78 is 11.3. The second-order valence-electron chi connectivity index (χ2n) is 8.79. The van der Waals surface area contributed by atoms with E-state index in [0.29, 0.717) is 23.9 Å². The summed E-state index contributed by atoms with van der Waals surface area (Å²) in [7, 11) is 3.23. The molecule has 6 nitrogen and oxygen atoms in total. The summed E-state index contributed by atoms with van der Waals surface area (Å²) in [5.41, 5.74) is 2.88. The summed E-state index contributed by atoms with van der Waals surface area (Å²) >= 11 is 0. The molecule has 34 heavy (non-hydrogen) atoms. The Morgan fingerprint density at radius 3 is 2.47 bits per heavy atom. The molecule has 0 amide bonds. The molecule has 0 fully saturated rings. The molecule has 0 bridgehead atoms. The standard InChI is InChI=1S/C28H25N3O3/c1-17-22-14-13-21-25(28(22,15-18(16-29)24(17)32)19-9-5-4-6-10-19)30-26(31-27(21)34-3)20-11-7-8-12-23(20)33-2/h4-12,15,17,22H,13-14H2,1-3H3/t17-,22-,28+/m0/s1. The maximum atomic E-state index is 13.0. The number of aromatic nitrogens is 2. The Bertz CT molecular complexity index is 1340. The number of fused-ring (bicyclic) bond motifs is 3. The molecule has 0 unspecified atom stereocenters. The van der Waals surface area contributed by atoms with E-state index in [1.165, 1.54) is 0 Å². The predicted molar refractivity (Wildman–Crippen MR) is 127 cm³/mol. The van der Waals surface area contributed by atoms with Crippen LogP contribution in [0.15, 0.2) is 66.2 Å². The molecular weight excluding hydrogens is 426 g/mol. The van der Waals surface area contributed by atoms with Crippen molar-refractivity contribution in [1.82, 2.24) is 9.97 Å². The number of Topliss-reactive ketones (excluding diaryl/α,β-unsaturated/α-hetero) is 1. The molecular formula is C28H25N3O3. The van der Waals surface area contributed by atoms with Crippen LogP contribution in [-0.2, 0) is 16.6 Å². The van der Waals surface area contributed by atoms with Crippen molar-refractivity contribution >= 4 is 5.78 Å². The Morgan fingerprint density at radius 1 is 1.03 bits per heavy atom. The van der Waals surface area contributed by atoms with Crippen LogP contribution in [0.4, 0.5) is 0 Å². The average Bonchev–Trinajstić information content (AvgIpc) is 2.90. The van der Waals surface area contributed by atoms with E-state index in [4.69, 9.17) is 19.4 Å². The first-order valence-corrected chi connectivity index (χ1v) is 11.4. The fourth-order valence-electron chi connectivity index (χ4n) is 5.63. The van der Waals surface area contributed by atoms with Gasteiger partial charge in [-0.1, -0.05) is 49.4 Å². The van der Waals surface area contributed by atoms with Crippen LogP contribution in [0.3, 0.4) is 0 Å². The number of allylic oxidation sites excluding steroid dienone is 2. The molecule has 3 atom stereocenters.